The number of amides is 2. The summed E-state index contributed by atoms with van der Waals surface area (Å²) in [5.74, 6) is 1.63. The van der Waals surface area contributed by atoms with Gasteiger partial charge < -0.3 is 10.1 Å². The van der Waals surface area contributed by atoms with Crippen LogP contribution in [0.1, 0.15) is 31.2 Å². The first-order valence-electron chi connectivity index (χ1n) is 8.95. The summed E-state index contributed by atoms with van der Waals surface area (Å²) in [4.78, 5) is 26.2. The molecule has 2 amide bonds. The van der Waals surface area contributed by atoms with Crippen molar-refractivity contribution in [2.24, 2.45) is 5.92 Å². The normalized spacial score (nSPS) is 16.7. The molecule has 0 spiro atoms. The largest absolute Gasteiger partial charge is 0.497 e. The zero-order valence-corrected chi connectivity index (χ0v) is 16.6. The molecular formula is C21H24N2O3S. The van der Waals surface area contributed by atoms with Crippen LogP contribution in [0.25, 0.3) is 0 Å². The molecule has 1 heterocycles. The summed E-state index contributed by atoms with van der Waals surface area (Å²) in [6.07, 6.45) is 0.500. The molecule has 0 bridgehead atoms. The van der Waals surface area contributed by atoms with Crippen molar-refractivity contribution in [1.29, 1.82) is 0 Å². The first-order chi connectivity index (χ1) is 13.0. The fraction of sp³-hybridized carbons (Fsp3) is 0.333. The van der Waals surface area contributed by atoms with E-state index in [1.807, 2.05) is 67.3 Å². The van der Waals surface area contributed by atoms with Gasteiger partial charge in [-0.25, -0.2) is 0 Å². The van der Waals surface area contributed by atoms with Crippen LogP contribution in [0, 0.1) is 5.92 Å². The minimum atomic E-state index is -0.0775. The molecule has 2 aromatic rings. The van der Waals surface area contributed by atoms with E-state index in [1.54, 1.807) is 18.9 Å². The van der Waals surface area contributed by atoms with Gasteiger partial charge in [-0.3, -0.25) is 14.5 Å². The summed E-state index contributed by atoms with van der Waals surface area (Å²) in [6, 6.07) is 15.2. The van der Waals surface area contributed by atoms with E-state index in [9.17, 15) is 9.59 Å². The first kappa shape index (κ1) is 19.3. The lowest BCUT2D eigenvalue weighted by Gasteiger charge is -2.24. The van der Waals surface area contributed by atoms with Crippen LogP contribution in [-0.2, 0) is 9.59 Å². The molecule has 0 radical (unpaired) electrons. The number of rotatable bonds is 6. The molecule has 1 fully saturated rings. The lowest BCUT2D eigenvalue weighted by Crippen LogP contribution is -2.27. The van der Waals surface area contributed by atoms with E-state index < -0.39 is 0 Å². The summed E-state index contributed by atoms with van der Waals surface area (Å²) < 4.78 is 5.20. The van der Waals surface area contributed by atoms with E-state index >= 15 is 0 Å². The fourth-order valence-electron chi connectivity index (χ4n) is 3.01. The number of nitrogens with zero attached hydrogens (tertiary/aromatic N) is 1. The molecule has 5 nitrogen and oxygen atoms in total. The predicted molar refractivity (Wildman–Crippen MR) is 110 cm³/mol. The Bertz CT molecular complexity index is 803. The molecule has 1 aliphatic rings. The second-order valence-electron chi connectivity index (χ2n) is 6.89. The highest BCUT2D eigenvalue weighted by Crippen LogP contribution is 2.42. The molecule has 2 aromatic carbocycles. The van der Waals surface area contributed by atoms with Crippen LogP contribution >= 0.6 is 11.8 Å². The Kier molecular flexibility index (Phi) is 6.06. The van der Waals surface area contributed by atoms with Gasteiger partial charge in [0.05, 0.1) is 12.9 Å². The molecule has 1 unspecified atom stereocenters. The van der Waals surface area contributed by atoms with Crippen molar-refractivity contribution >= 4 is 35.0 Å². The summed E-state index contributed by atoms with van der Waals surface area (Å²) >= 11 is 1.60. The third-order valence-electron chi connectivity index (χ3n) is 4.29. The maximum atomic E-state index is 12.4. The average Bonchev–Trinajstić information content (AvgIpc) is 3.03. The number of methoxy groups -OCH3 is 1. The summed E-state index contributed by atoms with van der Waals surface area (Å²) in [5, 5.41) is 2.84. The molecular weight excluding hydrogens is 360 g/mol. The van der Waals surface area contributed by atoms with Crippen LogP contribution in [0.4, 0.5) is 11.4 Å². The Morgan fingerprint density at radius 1 is 1.19 bits per heavy atom. The lowest BCUT2D eigenvalue weighted by molar-refractivity contribution is -0.117. The summed E-state index contributed by atoms with van der Waals surface area (Å²) in [5.41, 5.74) is 2.66. The number of carbonyl (C=O) groups excluding carboxylic acids is 2. The smallest absolute Gasteiger partial charge is 0.238 e. The first-order valence-corrected chi connectivity index (χ1v) is 10.0. The van der Waals surface area contributed by atoms with E-state index in [2.05, 4.69) is 5.32 Å². The third kappa shape index (κ3) is 4.63. The van der Waals surface area contributed by atoms with E-state index in [0.29, 0.717) is 18.1 Å². The van der Waals surface area contributed by atoms with Gasteiger partial charge >= 0.3 is 0 Å². The van der Waals surface area contributed by atoms with Crippen molar-refractivity contribution in [2.45, 2.75) is 25.6 Å². The SMILES string of the molecule is COc1ccc(N2C(=O)CSC2c2ccc(NC(=O)CC(C)C)cc2)cc1. The van der Waals surface area contributed by atoms with Gasteiger partial charge in [-0.15, -0.1) is 11.8 Å². The minimum absolute atomic E-state index is 0.0167. The number of benzene rings is 2. The van der Waals surface area contributed by atoms with E-state index in [-0.39, 0.29) is 17.2 Å². The van der Waals surface area contributed by atoms with Gasteiger partial charge in [-0.2, -0.15) is 0 Å². The standard InChI is InChI=1S/C21H24N2O3S/c1-14(2)12-19(24)22-16-6-4-15(5-7-16)21-23(20(25)13-27-21)17-8-10-18(26-3)11-9-17/h4-11,14,21H,12-13H2,1-3H3,(H,22,24). The number of hydrogen-bond donors (Lipinski definition) is 1. The molecule has 0 aromatic heterocycles. The number of carbonyl (C=O) groups is 2. The fourth-order valence-corrected chi connectivity index (χ4v) is 4.18. The number of thioether (sulfide) groups is 1. The maximum absolute atomic E-state index is 12.4. The molecule has 1 N–H and O–H groups in total. The Hall–Kier alpha value is -2.47. The van der Waals surface area contributed by atoms with Gasteiger partial charge in [0.2, 0.25) is 11.8 Å². The van der Waals surface area contributed by atoms with E-state index in [4.69, 9.17) is 4.74 Å². The number of ether oxygens (including phenoxy) is 1. The van der Waals surface area contributed by atoms with Gasteiger partial charge in [-0.05, 0) is 47.9 Å². The van der Waals surface area contributed by atoms with Crippen molar-refractivity contribution in [3.8, 4) is 5.75 Å². The van der Waals surface area contributed by atoms with Crippen molar-refractivity contribution in [3.63, 3.8) is 0 Å². The molecule has 0 aliphatic carbocycles. The Labute approximate surface area is 164 Å². The van der Waals surface area contributed by atoms with Crippen molar-refractivity contribution in [1.82, 2.24) is 0 Å². The second kappa shape index (κ2) is 8.48. The third-order valence-corrected chi connectivity index (χ3v) is 5.50. The number of hydrogen-bond acceptors (Lipinski definition) is 4. The average molecular weight is 385 g/mol. The van der Waals surface area contributed by atoms with Crippen molar-refractivity contribution < 1.29 is 14.3 Å². The van der Waals surface area contributed by atoms with Crippen molar-refractivity contribution in [3.05, 3.63) is 54.1 Å². The number of nitrogens with one attached hydrogen (secondary N) is 1. The molecule has 1 saturated heterocycles. The minimum Gasteiger partial charge on any atom is -0.497 e. The van der Waals surface area contributed by atoms with Crippen LogP contribution < -0.4 is 15.0 Å². The van der Waals surface area contributed by atoms with Crippen LogP contribution in [0.15, 0.2) is 48.5 Å². The van der Waals surface area contributed by atoms with Gasteiger partial charge in [0, 0.05) is 17.8 Å². The van der Waals surface area contributed by atoms with Gasteiger partial charge in [0.25, 0.3) is 0 Å². The van der Waals surface area contributed by atoms with Crippen molar-refractivity contribution in [2.75, 3.05) is 23.1 Å². The molecule has 27 heavy (non-hydrogen) atoms. The van der Waals surface area contributed by atoms with Crippen LogP contribution in [0.5, 0.6) is 5.75 Å². The molecule has 1 aliphatic heterocycles. The topological polar surface area (TPSA) is 58.6 Å². The highest BCUT2D eigenvalue weighted by Gasteiger charge is 2.34. The molecule has 6 heteroatoms. The Balaban J connectivity index is 1.75. The second-order valence-corrected chi connectivity index (χ2v) is 7.96. The van der Waals surface area contributed by atoms with E-state index in [0.717, 1.165) is 22.7 Å². The quantitative estimate of drug-likeness (QED) is 0.799. The van der Waals surface area contributed by atoms with Gasteiger partial charge in [0.15, 0.2) is 0 Å². The van der Waals surface area contributed by atoms with Crippen LogP contribution in [0.3, 0.4) is 0 Å². The lowest BCUT2D eigenvalue weighted by atomic mass is 10.1. The Morgan fingerprint density at radius 3 is 2.44 bits per heavy atom. The Morgan fingerprint density at radius 2 is 1.85 bits per heavy atom. The zero-order chi connectivity index (χ0) is 19.4. The molecule has 3 rings (SSSR count). The van der Waals surface area contributed by atoms with Crippen LogP contribution in [-0.4, -0.2) is 24.7 Å². The number of anilines is 2. The molecule has 142 valence electrons. The molecule has 0 saturated carbocycles. The summed E-state index contributed by atoms with van der Waals surface area (Å²) in [7, 11) is 1.62. The zero-order valence-electron chi connectivity index (χ0n) is 15.8. The monoisotopic (exact) mass is 384 g/mol. The highest BCUT2D eigenvalue weighted by molar-refractivity contribution is 8.00. The predicted octanol–water partition coefficient (Wildman–Crippen LogP) is 4.46. The van der Waals surface area contributed by atoms with Crippen LogP contribution in [0.2, 0.25) is 0 Å². The summed E-state index contributed by atoms with van der Waals surface area (Å²) in [6.45, 7) is 4.04. The van der Waals surface area contributed by atoms with Gasteiger partial charge in [-0.1, -0.05) is 26.0 Å². The maximum Gasteiger partial charge on any atom is 0.238 e. The van der Waals surface area contributed by atoms with Gasteiger partial charge in [0.1, 0.15) is 11.1 Å². The van der Waals surface area contributed by atoms with E-state index in [1.165, 1.54) is 0 Å². The molecule has 1 atom stereocenters. The highest BCUT2D eigenvalue weighted by atomic mass is 32.2.